The Bertz CT molecular complexity index is 572. The summed E-state index contributed by atoms with van der Waals surface area (Å²) < 4.78 is 0. The zero-order chi connectivity index (χ0) is 12.0. The maximum Gasteiger partial charge on any atom is 0.136 e. The lowest BCUT2D eigenvalue weighted by atomic mass is 9.93. The van der Waals surface area contributed by atoms with Gasteiger partial charge in [-0.25, -0.2) is 4.98 Å². The predicted molar refractivity (Wildman–Crippen MR) is 68.2 cm³/mol. The van der Waals surface area contributed by atoms with Crippen molar-refractivity contribution in [1.29, 1.82) is 0 Å². The molecule has 3 N–H and O–H groups in total. The zero-order valence-electron chi connectivity index (χ0n) is 9.72. The minimum absolute atomic E-state index is 0.124. The molecule has 17 heavy (non-hydrogen) atoms. The van der Waals surface area contributed by atoms with Gasteiger partial charge >= 0.3 is 0 Å². The standard InChI is InChI=1S/C13H15N3O/c1-13(14)7-16(8-13)12-11-6-10(17)3-2-9(11)4-5-15-12/h2-6,17H,7-8,14H2,1H3. The monoisotopic (exact) mass is 229 g/mol. The van der Waals surface area contributed by atoms with E-state index >= 15 is 0 Å². The first-order chi connectivity index (χ1) is 8.05. The summed E-state index contributed by atoms with van der Waals surface area (Å²) in [6.07, 6.45) is 1.79. The van der Waals surface area contributed by atoms with Gasteiger partial charge in [-0.3, -0.25) is 0 Å². The molecule has 0 radical (unpaired) electrons. The van der Waals surface area contributed by atoms with Gasteiger partial charge in [-0.2, -0.15) is 0 Å². The molecule has 4 heteroatoms. The molecule has 1 aliphatic rings. The first kappa shape index (κ1) is 10.4. The number of rotatable bonds is 1. The summed E-state index contributed by atoms with van der Waals surface area (Å²) in [6.45, 7) is 3.63. The van der Waals surface area contributed by atoms with Gasteiger partial charge in [0.15, 0.2) is 0 Å². The van der Waals surface area contributed by atoms with Gasteiger partial charge in [0.2, 0.25) is 0 Å². The van der Waals surface area contributed by atoms with Crippen LogP contribution >= 0.6 is 0 Å². The minimum atomic E-state index is -0.124. The number of fused-ring (bicyclic) bond motifs is 1. The largest absolute Gasteiger partial charge is 0.508 e. The molecule has 3 rings (SSSR count). The van der Waals surface area contributed by atoms with Crippen LogP contribution in [0.2, 0.25) is 0 Å². The first-order valence-corrected chi connectivity index (χ1v) is 5.67. The Kier molecular flexibility index (Phi) is 2.03. The molecule has 1 aliphatic heterocycles. The smallest absolute Gasteiger partial charge is 0.136 e. The molecule has 1 aromatic carbocycles. The maximum absolute atomic E-state index is 9.56. The van der Waals surface area contributed by atoms with E-state index in [9.17, 15) is 5.11 Å². The van der Waals surface area contributed by atoms with Gasteiger partial charge < -0.3 is 15.7 Å². The fourth-order valence-corrected chi connectivity index (χ4v) is 2.37. The lowest BCUT2D eigenvalue weighted by Gasteiger charge is -2.46. The van der Waals surface area contributed by atoms with Crippen LogP contribution in [-0.2, 0) is 0 Å². The number of nitrogens with two attached hydrogens (primary N) is 1. The number of hydrogen-bond donors (Lipinski definition) is 2. The lowest BCUT2D eigenvalue weighted by molar-refractivity contribution is 0.364. The highest BCUT2D eigenvalue weighted by atomic mass is 16.3. The van der Waals surface area contributed by atoms with Crippen molar-refractivity contribution < 1.29 is 5.11 Å². The van der Waals surface area contributed by atoms with E-state index in [0.29, 0.717) is 0 Å². The van der Waals surface area contributed by atoms with Crippen LogP contribution in [0.25, 0.3) is 10.8 Å². The second-order valence-corrected chi connectivity index (χ2v) is 5.05. The molecule has 0 unspecified atom stereocenters. The summed E-state index contributed by atoms with van der Waals surface area (Å²) in [5, 5.41) is 11.6. The van der Waals surface area contributed by atoms with E-state index in [1.807, 2.05) is 19.1 Å². The van der Waals surface area contributed by atoms with Crippen LogP contribution in [-0.4, -0.2) is 28.7 Å². The molecule has 0 atom stereocenters. The van der Waals surface area contributed by atoms with Crippen LogP contribution in [0.15, 0.2) is 30.5 Å². The fraction of sp³-hybridized carbons (Fsp3) is 0.308. The topological polar surface area (TPSA) is 62.4 Å². The van der Waals surface area contributed by atoms with E-state index in [1.54, 1.807) is 18.3 Å². The average molecular weight is 229 g/mol. The molecular formula is C13H15N3O. The third-order valence-corrected chi connectivity index (χ3v) is 3.13. The summed E-state index contributed by atoms with van der Waals surface area (Å²) >= 11 is 0. The van der Waals surface area contributed by atoms with E-state index in [0.717, 1.165) is 29.7 Å². The van der Waals surface area contributed by atoms with Crippen LogP contribution in [0, 0.1) is 0 Å². The van der Waals surface area contributed by atoms with Crippen molar-refractivity contribution in [1.82, 2.24) is 4.98 Å². The minimum Gasteiger partial charge on any atom is -0.508 e. The lowest BCUT2D eigenvalue weighted by Crippen LogP contribution is -2.65. The van der Waals surface area contributed by atoms with Crippen molar-refractivity contribution in [3.05, 3.63) is 30.5 Å². The van der Waals surface area contributed by atoms with Crippen LogP contribution < -0.4 is 10.6 Å². The van der Waals surface area contributed by atoms with Gasteiger partial charge in [-0.1, -0.05) is 6.07 Å². The summed E-state index contributed by atoms with van der Waals surface area (Å²) in [5.74, 6) is 1.17. The Hall–Kier alpha value is -1.81. The molecule has 4 nitrogen and oxygen atoms in total. The molecule has 2 heterocycles. The van der Waals surface area contributed by atoms with Gasteiger partial charge in [0, 0.05) is 30.2 Å². The molecule has 1 aromatic heterocycles. The number of pyridine rings is 1. The summed E-state index contributed by atoms with van der Waals surface area (Å²) in [5.41, 5.74) is 5.88. The molecule has 2 aromatic rings. The first-order valence-electron chi connectivity index (χ1n) is 5.67. The molecular weight excluding hydrogens is 214 g/mol. The highest BCUT2D eigenvalue weighted by Gasteiger charge is 2.36. The average Bonchev–Trinajstić information content (AvgIpc) is 2.25. The SMILES string of the molecule is CC1(N)CN(c2nccc3ccc(O)cc23)C1. The van der Waals surface area contributed by atoms with Crippen LogP contribution in [0.3, 0.4) is 0 Å². The van der Waals surface area contributed by atoms with Crippen LogP contribution in [0.4, 0.5) is 5.82 Å². The Morgan fingerprint density at radius 3 is 2.82 bits per heavy atom. The number of anilines is 1. The number of phenols is 1. The number of aromatic hydroxyl groups is 1. The molecule has 1 fully saturated rings. The zero-order valence-corrected chi connectivity index (χ0v) is 9.72. The van der Waals surface area contributed by atoms with E-state index in [4.69, 9.17) is 5.73 Å². The number of hydrogen-bond acceptors (Lipinski definition) is 4. The quantitative estimate of drug-likeness (QED) is 0.777. The summed E-state index contributed by atoms with van der Waals surface area (Å²) in [6, 6.07) is 7.29. The van der Waals surface area contributed by atoms with E-state index in [-0.39, 0.29) is 11.3 Å². The Morgan fingerprint density at radius 1 is 1.35 bits per heavy atom. The number of nitrogens with zero attached hydrogens (tertiary/aromatic N) is 2. The van der Waals surface area contributed by atoms with Gasteiger partial charge in [0.1, 0.15) is 11.6 Å². The Morgan fingerprint density at radius 2 is 2.12 bits per heavy atom. The van der Waals surface area contributed by atoms with E-state index in [2.05, 4.69) is 9.88 Å². The second-order valence-electron chi connectivity index (χ2n) is 5.05. The molecule has 0 aliphatic carbocycles. The molecule has 0 bridgehead atoms. The number of phenolic OH excluding ortho intramolecular Hbond substituents is 1. The number of benzene rings is 1. The third-order valence-electron chi connectivity index (χ3n) is 3.13. The van der Waals surface area contributed by atoms with Gasteiger partial charge in [-0.05, 0) is 30.5 Å². The Labute approximate surface area is 99.7 Å². The number of aromatic nitrogens is 1. The molecule has 1 saturated heterocycles. The second kappa shape index (κ2) is 3.34. The molecule has 0 amide bonds. The third kappa shape index (κ3) is 1.70. The van der Waals surface area contributed by atoms with Crippen molar-refractivity contribution in [2.45, 2.75) is 12.5 Å². The van der Waals surface area contributed by atoms with E-state index in [1.165, 1.54) is 0 Å². The summed E-state index contributed by atoms with van der Waals surface area (Å²) in [7, 11) is 0. The van der Waals surface area contributed by atoms with Crippen LogP contribution in [0.5, 0.6) is 5.75 Å². The predicted octanol–water partition coefficient (Wildman–Crippen LogP) is 1.48. The van der Waals surface area contributed by atoms with E-state index < -0.39 is 0 Å². The van der Waals surface area contributed by atoms with Gasteiger partial charge in [0.25, 0.3) is 0 Å². The summed E-state index contributed by atoms with van der Waals surface area (Å²) in [4.78, 5) is 6.54. The highest BCUT2D eigenvalue weighted by molar-refractivity contribution is 5.93. The van der Waals surface area contributed by atoms with Crippen molar-refractivity contribution in [2.75, 3.05) is 18.0 Å². The Balaban J connectivity index is 2.08. The van der Waals surface area contributed by atoms with Crippen molar-refractivity contribution >= 4 is 16.6 Å². The normalized spacial score (nSPS) is 18.1. The van der Waals surface area contributed by atoms with Gasteiger partial charge in [-0.15, -0.1) is 0 Å². The van der Waals surface area contributed by atoms with Crippen molar-refractivity contribution in [2.24, 2.45) is 5.73 Å². The highest BCUT2D eigenvalue weighted by Crippen LogP contribution is 2.32. The maximum atomic E-state index is 9.56. The molecule has 0 saturated carbocycles. The van der Waals surface area contributed by atoms with Crippen molar-refractivity contribution in [3.63, 3.8) is 0 Å². The fourth-order valence-electron chi connectivity index (χ4n) is 2.37. The van der Waals surface area contributed by atoms with Crippen molar-refractivity contribution in [3.8, 4) is 5.75 Å². The molecule has 0 spiro atoms. The molecule has 88 valence electrons. The van der Waals surface area contributed by atoms with Crippen LogP contribution in [0.1, 0.15) is 6.92 Å². The van der Waals surface area contributed by atoms with Gasteiger partial charge in [0.05, 0.1) is 0 Å².